The Morgan fingerprint density at radius 1 is 1.14 bits per heavy atom. The first-order valence-corrected chi connectivity index (χ1v) is 7.76. The highest BCUT2D eigenvalue weighted by molar-refractivity contribution is 5.79. The smallest absolute Gasteiger partial charge is 0.115 e. The highest BCUT2D eigenvalue weighted by Gasteiger charge is 2.27. The molecule has 0 aliphatic carbocycles. The molecular weight excluding hydrogens is 258 g/mol. The number of imidazole rings is 1. The highest BCUT2D eigenvalue weighted by atomic mass is 15.1. The van der Waals surface area contributed by atoms with Gasteiger partial charge in [0, 0.05) is 17.6 Å². The molecule has 2 N–H and O–H groups in total. The van der Waals surface area contributed by atoms with Crippen LogP contribution in [0.15, 0.2) is 18.2 Å². The minimum absolute atomic E-state index is 0.0192. The predicted molar refractivity (Wildman–Crippen MR) is 91.5 cm³/mol. The van der Waals surface area contributed by atoms with E-state index in [-0.39, 0.29) is 10.8 Å². The molecule has 1 unspecified atom stereocenters. The molecule has 2 rings (SSSR count). The van der Waals surface area contributed by atoms with Crippen LogP contribution in [-0.2, 0) is 12.0 Å². The van der Waals surface area contributed by atoms with Gasteiger partial charge in [-0.2, -0.15) is 0 Å². The molecule has 116 valence electrons. The third-order valence-electron chi connectivity index (χ3n) is 4.38. The molecule has 0 saturated carbocycles. The Hall–Kier alpha value is -1.51. The fourth-order valence-electron chi connectivity index (χ4n) is 2.45. The van der Waals surface area contributed by atoms with Gasteiger partial charge in [-0.05, 0) is 29.5 Å². The predicted octanol–water partition coefficient (Wildman–Crippen LogP) is 4.60. The van der Waals surface area contributed by atoms with Crippen molar-refractivity contribution in [2.24, 2.45) is 11.3 Å². The first kappa shape index (κ1) is 15.9. The maximum absolute atomic E-state index is 5.91. The van der Waals surface area contributed by atoms with Crippen molar-refractivity contribution in [2.75, 3.05) is 5.73 Å². The summed E-state index contributed by atoms with van der Waals surface area (Å²) in [5, 5.41) is 0. The minimum Gasteiger partial charge on any atom is -0.399 e. The van der Waals surface area contributed by atoms with Gasteiger partial charge in [0.2, 0.25) is 0 Å². The number of anilines is 1. The fraction of sp³-hybridized carbons (Fsp3) is 0.611. The first-order valence-electron chi connectivity index (χ1n) is 7.76. The first-order chi connectivity index (χ1) is 9.50. The van der Waals surface area contributed by atoms with Gasteiger partial charge in [0.1, 0.15) is 5.82 Å². The molecule has 0 amide bonds. The average molecular weight is 287 g/mol. The Bertz CT molecular complexity index is 639. The summed E-state index contributed by atoms with van der Waals surface area (Å²) < 4.78 is 2.38. The van der Waals surface area contributed by atoms with E-state index in [1.54, 1.807) is 0 Å². The van der Waals surface area contributed by atoms with Crippen LogP contribution in [0.1, 0.15) is 54.3 Å². The molecule has 0 aliphatic heterocycles. The van der Waals surface area contributed by atoms with Gasteiger partial charge in [0.15, 0.2) is 0 Å². The average Bonchev–Trinajstić information content (AvgIpc) is 2.65. The van der Waals surface area contributed by atoms with E-state index in [2.05, 4.69) is 59.1 Å². The summed E-state index contributed by atoms with van der Waals surface area (Å²) in [6, 6.07) is 6.04. The van der Waals surface area contributed by atoms with Crippen molar-refractivity contribution in [1.82, 2.24) is 9.55 Å². The second kappa shape index (κ2) is 5.04. The van der Waals surface area contributed by atoms with Crippen LogP contribution in [0.4, 0.5) is 5.69 Å². The van der Waals surface area contributed by atoms with Crippen molar-refractivity contribution in [3.05, 3.63) is 24.0 Å². The van der Waals surface area contributed by atoms with E-state index in [9.17, 15) is 0 Å². The van der Waals surface area contributed by atoms with Gasteiger partial charge in [-0.1, -0.05) is 48.5 Å². The molecule has 1 atom stereocenters. The number of nitrogens with zero attached hydrogens (tertiary/aromatic N) is 2. The number of aromatic nitrogens is 2. The Balaban J connectivity index is 2.59. The third-order valence-corrected chi connectivity index (χ3v) is 4.38. The van der Waals surface area contributed by atoms with E-state index in [1.807, 2.05) is 12.1 Å². The Morgan fingerprint density at radius 2 is 1.76 bits per heavy atom. The van der Waals surface area contributed by atoms with Crippen LogP contribution < -0.4 is 5.73 Å². The fourth-order valence-corrected chi connectivity index (χ4v) is 2.45. The van der Waals surface area contributed by atoms with Crippen LogP contribution in [-0.4, -0.2) is 9.55 Å². The number of nitrogen functional groups attached to an aromatic ring is 1. The second-order valence-corrected chi connectivity index (χ2v) is 8.31. The largest absolute Gasteiger partial charge is 0.399 e. The third kappa shape index (κ3) is 3.22. The van der Waals surface area contributed by atoms with Crippen molar-refractivity contribution >= 4 is 16.7 Å². The molecule has 0 aliphatic rings. The van der Waals surface area contributed by atoms with Gasteiger partial charge in [-0.3, -0.25) is 0 Å². The zero-order valence-corrected chi connectivity index (χ0v) is 14.5. The van der Waals surface area contributed by atoms with Gasteiger partial charge in [-0.25, -0.2) is 4.98 Å². The summed E-state index contributed by atoms with van der Waals surface area (Å²) in [7, 11) is 0. The number of hydrogen-bond donors (Lipinski definition) is 1. The molecule has 0 saturated heterocycles. The summed E-state index contributed by atoms with van der Waals surface area (Å²) in [5.41, 5.74) is 9.17. The lowest BCUT2D eigenvalue weighted by atomic mass is 9.82. The summed E-state index contributed by atoms with van der Waals surface area (Å²) >= 11 is 0. The van der Waals surface area contributed by atoms with Crippen molar-refractivity contribution < 1.29 is 0 Å². The summed E-state index contributed by atoms with van der Waals surface area (Å²) in [6.07, 6.45) is 0. The van der Waals surface area contributed by atoms with Crippen molar-refractivity contribution in [3.8, 4) is 0 Å². The quantitative estimate of drug-likeness (QED) is 0.820. The maximum Gasteiger partial charge on any atom is 0.115 e. The van der Waals surface area contributed by atoms with Gasteiger partial charge in [0.05, 0.1) is 11.0 Å². The monoisotopic (exact) mass is 287 g/mol. The van der Waals surface area contributed by atoms with Crippen LogP contribution in [0.5, 0.6) is 0 Å². The van der Waals surface area contributed by atoms with E-state index < -0.39 is 0 Å². The second-order valence-electron chi connectivity index (χ2n) is 8.31. The normalized spacial score (nSPS) is 14.6. The standard InChI is InChI=1S/C18H29N3/c1-12(17(2,3)4)11-21-15-9-8-13(19)10-14(15)20-16(21)18(5,6)7/h8-10,12H,11,19H2,1-7H3. The molecule has 1 heterocycles. The summed E-state index contributed by atoms with van der Waals surface area (Å²) in [6.45, 7) is 16.8. The number of nitrogens with two attached hydrogens (primary N) is 1. The van der Waals surface area contributed by atoms with E-state index >= 15 is 0 Å². The topological polar surface area (TPSA) is 43.8 Å². The Kier molecular flexibility index (Phi) is 3.81. The molecule has 3 nitrogen and oxygen atoms in total. The minimum atomic E-state index is 0.0192. The van der Waals surface area contributed by atoms with Crippen LogP contribution >= 0.6 is 0 Å². The summed E-state index contributed by atoms with van der Waals surface area (Å²) in [5.74, 6) is 1.70. The van der Waals surface area contributed by atoms with Crippen LogP contribution in [0.25, 0.3) is 11.0 Å². The lowest BCUT2D eigenvalue weighted by molar-refractivity contribution is 0.230. The molecule has 3 heteroatoms. The van der Waals surface area contributed by atoms with Gasteiger partial charge in [-0.15, -0.1) is 0 Å². The zero-order valence-electron chi connectivity index (χ0n) is 14.5. The summed E-state index contributed by atoms with van der Waals surface area (Å²) in [4.78, 5) is 4.86. The van der Waals surface area contributed by atoms with Crippen LogP contribution in [0, 0.1) is 11.3 Å². The van der Waals surface area contributed by atoms with Crippen molar-refractivity contribution in [2.45, 2.75) is 60.4 Å². The number of benzene rings is 1. The molecule has 0 spiro atoms. The van der Waals surface area contributed by atoms with E-state index in [4.69, 9.17) is 10.7 Å². The van der Waals surface area contributed by atoms with Crippen LogP contribution in [0.3, 0.4) is 0 Å². The van der Waals surface area contributed by atoms with E-state index in [0.29, 0.717) is 5.92 Å². The zero-order chi connectivity index (χ0) is 16.0. The molecule has 21 heavy (non-hydrogen) atoms. The molecular formula is C18H29N3. The van der Waals surface area contributed by atoms with Crippen molar-refractivity contribution in [1.29, 1.82) is 0 Å². The molecule has 1 aromatic heterocycles. The Labute approximate surface area is 128 Å². The molecule has 0 radical (unpaired) electrons. The molecule has 0 fully saturated rings. The number of rotatable bonds is 2. The molecule has 0 bridgehead atoms. The molecule has 2 aromatic rings. The highest BCUT2D eigenvalue weighted by Crippen LogP contribution is 2.32. The van der Waals surface area contributed by atoms with Gasteiger partial charge < -0.3 is 10.3 Å². The van der Waals surface area contributed by atoms with Gasteiger partial charge in [0.25, 0.3) is 0 Å². The number of fused-ring (bicyclic) bond motifs is 1. The van der Waals surface area contributed by atoms with Gasteiger partial charge >= 0.3 is 0 Å². The Morgan fingerprint density at radius 3 is 2.29 bits per heavy atom. The van der Waals surface area contributed by atoms with Crippen molar-refractivity contribution in [3.63, 3.8) is 0 Å². The van der Waals surface area contributed by atoms with E-state index in [0.717, 1.165) is 23.6 Å². The molecule has 1 aromatic carbocycles. The SMILES string of the molecule is CC(Cn1c(C(C)(C)C)nc2cc(N)ccc21)C(C)(C)C. The maximum atomic E-state index is 5.91. The lowest BCUT2D eigenvalue weighted by Crippen LogP contribution is -2.26. The number of hydrogen-bond acceptors (Lipinski definition) is 2. The van der Waals surface area contributed by atoms with E-state index in [1.165, 1.54) is 5.52 Å². The van der Waals surface area contributed by atoms with Crippen LogP contribution in [0.2, 0.25) is 0 Å². The lowest BCUT2D eigenvalue weighted by Gasteiger charge is -2.30.